The zero-order chi connectivity index (χ0) is 27.4. The van der Waals surface area contributed by atoms with Gasteiger partial charge in [-0.05, 0) is 67.7 Å². The molecule has 0 unspecified atom stereocenters. The van der Waals surface area contributed by atoms with Gasteiger partial charge in [0.25, 0.3) is 0 Å². The van der Waals surface area contributed by atoms with Crippen molar-refractivity contribution in [3.05, 3.63) is 90.2 Å². The summed E-state index contributed by atoms with van der Waals surface area (Å²) in [5.74, 6) is -0.827. The molecule has 0 aliphatic heterocycles. The van der Waals surface area contributed by atoms with Crippen LogP contribution in [0.5, 0.6) is 5.88 Å². The number of carbonyl (C=O) groups excluding carboxylic acids is 1. The second-order valence-electron chi connectivity index (χ2n) is 10.5. The largest absolute Gasteiger partial charge is 0.474 e. The SMILES string of the molecule is O=C(Nc1ccc(OC2CCC3(CC2)CC(OCc2ccccc2)C3)nc1)c1nnc(Nc2ccccc2F)o1. The van der Waals surface area contributed by atoms with Crippen molar-refractivity contribution in [2.75, 3.05) is 10.6 Å². The standard InChI is InChI=1S/C30H30FN5O4/c31-24-8-4-5-9-25(24)34-29-36-35-28(40-29)27(37)33-21-10-11-26(32-18-21)39-22-12-14-30(15-13-22)16-23(17-30)38-19-20-6-2-1-3-7-20/h1-11,18,22-23H,12-17,19H2,(H,33,37)(H,34,36). The molecule has 4 aromatic rings. The number of anilines is 3. The highest BCUT2D eigenvalue weighted by atomic mass is 19.1. The molecule has 2 aromatic carbocycles. The molecule has 40 heavy (non-hydrogen) atoms. The van der Waals surface area contributed by atoms with Gasteiger partial charge >= 0.3 is 17.8 Å². The average molecular weight is 544 g/mol. The van der Waals surface area contributed by atoms with Crippen LogP contribution in [0.2, 0.25) is 0 Å². The number of rotatable bonds is 9. The van der Waals surface area contributed by atoms with Gasteiger partial charge in [0.15, 0.2) is 0 Å². The van der Waals surface area contributed by atoms with Gasteiger partial charge in [0.1, 0.15) is 11.9 Å². The lowest BCUT2D eigenvalue weighted by Gasteiger charge is -2.51. The zero-order valence-corrected chi connectivity index (χ0v) is 21.9. The van der Waals surface area contributed by atoms with E-state index in [2.05, 4.69) is 37.9 Å². The first-order valence-electron chi connectivity index (χ1n) is 13.5. The van der Waals surface area contributed by atoms with Crippen LogP contribution in [0.1, 0.15) is 54.8 Å². The van der Waals surface area contributed by atoms with E-state index in [1.165, 1.54) is 23.9 Å². The molecular weight excluding hydrogens is 513 g/mol. The molecule has 0 saturated heterocycles. The van der Waals surface area contributed by atoms with E-state index in [1.807, 2.05) is 18.2 Å². The molecular formula is C30H30FN5O4. The lowest BCUT2D eigenvalue weighted by molar-refractivity contribution is -0.112. The Labute approximate surface area is 231 Å². The van der Waals surface area contributed by atoms with E-state index >= 15 is 0 Å². The second kappa shape index (κ2) is 11.4. The Morgan fingerprint density at radius 1 is 0.975 bits per heavy atom. The molecule has 2 aliphatic carbocycles. The van der Waals surface area contributed by atoms with Gasteiger partial charge in [-0.15, -0.1) is 5.10 Å². The van der Waals surface area contributed by atoms with Gasteiger partial charge in [0, 0.05) is 6.07 Å². The van der Waals surface area contributed by atoms with Gasteiger partial charge < -0.3 is 24.5 Å². The van der Waals surface area contributed by atoms with E-state index < -0.39 is 11.7 Å². The lowest BCUT2D eigenvalue weighted by atomic mass is 9.59. The van der Waals surface area contributed by atoms with E-state index in [0.29, 0.717) is 29.7 Å². The van der Waals surface area contributed by atoms with Crippen LogP contribution in [0.25, 0.3) is 0 Å². The maximum Gasteiger partial charge on any atom is 0.320 e. The Balaban J connectivity index is 0.934. The predicted molar refractivity (Wildman–Crippen MR) is 146 cm³/mol. The summed E-state index contributed by atoms with van der Waals surface area (Å²) in [6.45, 7) is 0.679. The molecule has 2 aliphatic rings. The number of amides is 1. The van der Waals surface area contributed by atoms with Crippen molar-refractivity contribution in [3.63, 3.8) is 0 Å². The summed E-state index contributed by atoms with van der Waals surface area (Å²) in [6, 6.07) is 19.7. The molecule has 206 valence electrons. The van der Waals surface area contributed by atoms with E-state index in [4.69, 9.17) is 13.9 Å². The predicted octanol–water partition coefficient (Wildman–Crippen LogP) is 6.29. The Hall–Kier alpha value is -4.31. The third kappa shape index (κ3) is 6.12. The molecule has 9 nitrogen and oxygen atoms in total. The summed E-state index contributed by atoms with van der Waals surface area (Å²) in [5, 5.41) is 12.8. The van der Waals surface area contributed by atoms with Crippen molar-refractivity contribution < 1.29 is 23.1 Å². The monoisotopic (exact) mass is 543 g/mol. The molecule has 2 fully saturated rings. The highest BCUT2D eigenvalue weighted by Gasteiger charge is 2.47. The normalized spacial score (nSPS) is 21.9. The van der Waals surface area contributed by atoms with Crippen molar-refractivity contribution in [1.29, 1.82) is 0 Å². The number of nitrogens with one attached hydrogen (secondary N) is 2. The molecule has 0 bridgehead atoms. The summed E-state index contributed by atoms with van der Waals surface area (Å²) in [7, 11) is 0. The number of ether oxygens (including phenoxy) is 2. The minimum Gasteiger partial charge on any atom is -0.474 e. The fourth-order valence-corrected chi connectivity index (χ4v) is 5.46. The van der Waals surface area contributed by atoms with E-state index in [-0.39, 0.29) is 23.7 Å². The zero-order valence-electron chi connectivity index (χ0n) is 21.9. The maximum atomic E-state index is 13.8. The van der Waals surface area contributed by atoms with Gasteiger partial charge in [-0.1, -0.05) is 47.6 Å². The third-order valence-electron chi connectivity index (χ3n) is 7.66. The lowest BCUT2D eigenvalue weighted by Crippen LogP contribution is -2.46. The topological polar surface area (TPSA) is 111 Å². The van der Waals surface area contributed by atoms with Crippen LogP contribution in [0.15, 0.2) is 77.3 Å². The summed E-state index contributed by atoms with van der Waals surface area (Å²) in [5.41, 5.74) is 2.23. The molecule has 6 rings (SSSR count). The molecule has 2 N–H and O–H groups in total. The summed E-state index contributed by atoms with van der Waals surface area (Å²) in [4.78, 5) is 16.9. The van der Waals surface area contributed by atoms with Crippen LogP contribution < -0.4 is 15.4 Å². The van der Waals surface area contributed by atoms with Crippen LogP contribution in [-0.2, 0) is 11.3 Å². The van der Waals surface area contributed by atoms with Crippen molar-refractivity contribution in [3.8, 4) is 5.88 Å². The van der Waals surface area contributed by atoms with Crippen LogP contribution in [0.4, 0.5) is 21.8 Å². The Morgan fingerprint density at radius 2 is 1.75 bits per heavy atom. The molecule has 0 atom stereocenters. The highest BCUT2D eigenvalue weighted by molar-refractivity contribution is 6.00. The van der Waals surface area contributed by atoms with Gasteiger partial charge in [-0.2, -0.15) is 0 Å². The first-order valence-corrected chi connectivity index (χ1v) is 13.5. The van der Waals surface area contributed by atoms with E-state index in [1.54, 1.807) is 24.3 Å². The molecule has 2 heterocycles. The van der Waals surface area contributed by atoms with E-state index in [9.17, 15) is 9.18 Å². The van der Waals surface area contributed by atoms with Crippen LogP contribution in [0, 0.1) is 11.2 Å². The average Bonchev–Trinajstić information content (AvgIpc) is 3.43. The van der Waals surface area contributed by atoms with Gasteiger partial charge in [-0.3, -0.25) is 4.79 Å². The van der Waals surface area contributed by atoms with Gasteiger partial charge in [-0.25, -0.2) is 9.37 Å². The number of benzene rings is 2. The smallest absolute Gasteiger partial charge is 0.320 e. The van der Waals surface area contributed by atoms with Crippen LogP contribution in [-0.4, -0.2) is 33.3 Å². The first kappa shape index (κ1) is 25.9. The molecule has 0 radical (unpaired) electrons. The molecule has 2 saturated carbocycles. The molecule has 2 aromatic heterocycles. The van der Waals surface area contributed by atoms with E-state index in [0.717, 1.165) is 38.5 Å². The van der Waals surface area contributed by atoms with Gasteiger partial charge in [0.2, 0.25) is 5.88 Å². The maximum absolute atomic E-state index is 13.8. The number of nitrogens with zero attached hydrogens (tertiary/aromatic N) is 3. The molecule has 10 heteroatoms. The quantitative estimate of drug-likeness (QED) is 0.254. The number of hydrogen-bond acceptors (Lipinski definition) is 8. The number of carbonyl (C=O) groups is 1. The molecule has 1 spiro atoms. The Bertz CT molecular complexity index is 1430. The van der Waals surface area contributed by atoms with Crippen LogP contribution >= 0.6 is 0 Å². The number of aromatic nitrogens is 3. The van der Waals surface area contributed by atoms with Gasteiger partial charge in [0.05, 0.1) is 30.3 Å². The van der Waals surface area contributed by atoms with Crippen LogP contribution in [0.3, 0.4) is 0 Å². The number of pyridine rings is 1. The van der Waals surface area contributed by atoms with Crippen molar-refractivity contribution >= 4 is 23.3 Å². The number of hydrogen-bond donors (Lipinski definition) is 2. The minimum atomic E-state index is -0.603. The van der Waals surface area contributed by atoms with Crippen molar-refractivity contribution in [2.45, 2.75) is 57.3 Å². The third-order valence-corrected chi connectivity index (χ3v) is 7.66. The summed E-state index contributed by atoms with van der Waals surface area (Å²) < 4.78 is 31.3. The Kier molecular flexibility index (Phi) is 7.41. The second-order valence-corrected chi connectivity index (χ2v) is 10.5. The summed E-state index contributed by atoms with van der Waals surface area (Å²) >= 11 is 0. The minimum absolute atomic E-state index is 0.0940. The fourth-order valence-electron chi connectivity index (χ4n) is 5.46. The summed E-state index contributed by atoms with van der Waals surface area (Å²) in [6.07, 6.45) is 8.50. The molecule has 1 amide bonds. The van der Waals surface area contributed by atoms with Crippen molar-refractivity contribution in [2.24, 2.45) is 5.41 Å². The van der Waals surface area contributed by atoms with Crippen molar-refractivity contribution in [1.82, 2.24) is 15.2 Å². The Morgan fingerprint density at radius 3 is 2.50 bits per heavy atom. The first-order chi connectivity index (χ1) is 19.5. The number of para-hydroxylation sites is 1. The number of halogens is 1. The highest BCUT2D eigenvalue weighted by Crippen LogP contribution is 2.53. The fraction of sp³-hybridized carbons (Fsp3) is 0.333.